The van der Waals surface area contributed by atoms with E-state index in [1.165, 1.54) is 0 Å². The lowest BCUT2D eigenvalue weighted by atomic mass is 10.1. The molecule has 0 amide bonds. The Morgan fingerprint density at radius 3 is 2.60 bits per heavy atom. The van der Waals surface area contributed by atoms with Gasteiger partial charge in [0.1, 0.15) is 5.75 Å². The van der Waals surface area contributed by atoms with Gasteiger partial charge in [0.05, 0.1) is 30.4 Å². The second-order valence-electron chi connectivity index (χ2n) is 4.69. The lowest BCUT2D eigenvalue weighted by Crippen LogP contribution is -2.13. The lowest BCUT2D eigenvalue weighted by Gasteiger charge is -2.22. The van der Waals surface area contributed by atoms with Gasteiger partial charge in [0.2, 0.25) is 0 Å². The van der Waals surface area contributed by atoms with Crippen molar-refractivity contribution >= 4 is 11.4 Å². The van der Waals surface area contributed by atoms with Gasteiger partial charge in [0.15, 0.2) is 0 Å². The van der Waals surface area contributed by atoms with Gasteiger partial charge in [-0.3, -0.25) is 4.98 Å². The Kier molecular flexibility index (Phi) is 4.58. The smallest absolute Gasteiger partial charge is 0.142 e. The zero-order chi connectivity index (χ0) is 14.5. The number of nitrogens with two attached hydrogens (primary N) is 1. The number of pyridine rings is 1. The summed E-state index contributed by atoms with van der Waals surface area (Å²) in [6.45, 7) is 2.06. The summed E-state index contributed by atoms with van der Waals surface area (Å²) in [5.41, 5.74) is 8.91. The van der Waals surface area contributed by atoms with Crippen molar-refractivity contribution in [3.8, 4) is 5.75 Å². The van der Waals surface area contributed by atoms with Crippen molar-refractivity contribution in [2.24, 2.45) is 5.73 Å². The molecule has 4 heteroatoms. The lowest BCUT2D eigenvalue weighted by molar-refractivity contribution is 0.415. The second-order valence-corrected chi connectivity index (χ2v) is 4.69. The summed E-state index contributed by atoms with van der Waals surface area (Å²) in [6.07, 6.45) is 2.73. The number of para-hydroxylation sites is 2. The molecule has 2 rings (SSSR count). The van der Waals surface area contributed by atoms with Crippen LogP contribution in [0.5, 0.6) is 5.75 Å². The number of hydrogen-bond acceptors (Lipinski definition) is 4. The van der Waals surface area contributed by atoms with Crippen molar-refractivity contribution in [2.45, 2.75) is 19.4 Å². The Labute approximate surface area is 120 Å². The summed E-state index contributed by atoms with van der Waals surface area (Å²) in [4.78, 5) is 6.49. The molecule has 0 spiro atoms. The highest BCUT2D eigenvalue weighted by atomic mass is 16.5. The van der Waals surface area contributed by atoms with Crippen LogP contribution in [0, 0.1) is 0 Å². The minimum atomic E-state index is 0.000572. The zero-order valence-electron chi connectivity index (χ0n) is 12.2. The Morgan fingerprint density at radius 1 is 1.25 bits per heavy atom. The Morgan fingerprint density at radius 2 is 2.00 bits per heavy atom. The van der Waals surface area contributed by atoms with Crippen LogP contribution in [0.4, 0.5) is 11.4 Å². The Balaban J connectivity index is 2.27. The number of aromatic nitrogens is 1. The van der Waals surface area contributed by atoms with Crippen molar-refractivity contribution in [3.05, 3.63) is 48.3 Å². The van der Waals surface area contributed by atoms with Gasteiger partial charge in [-0.05, 0) is 30.7 Å². The molecule has 2 N–H and O–H groups in total. The third-order valence-corrected chi connectivity index (χ3v) is 3.42. The number of nitrogens with zero attached hydrogens (tertiary/aromatic N) is 2. The standard InChI is InChI=1S/C16H21N3O/c1-4-13(17)14-10-9-12(11-18-14)19(2)15-7-5-6-8-16(15)20-3/h5-11,13H,4,17H2,1-3H3/t13-/m1/s1. The topological polar surface area (TPSA) is 51.4 Å². The summed E-state index contributed by atoms with van der Waals surface area (Å²) in [5, 5.41) is 0. The molecule has 0 fully saturated rings. The fourth-order valence-corrected chi connectivity index (χ4v) is 2.07. The average molecular weight is 271 g/mol. The first kappa shape index (κ1) is 14.3. The van der Waals surface area contributed by atoms with E-state index in [1.807, 2.05) is 54.5 Å². The predicted molar refractivity (Wildman–Crippen MR) is 82.5 cm³/mol. The van der Waals surface area contributed by atoms with E-state index < -0.39 is 0 Å². The van der Waals surface area contributed by atoms with Gasteiger partial charge in [0.25, 0.3) is 0 Å². The van der Waals surface area contributed by atoms with Crippen LogP contribution < -0.4 is 15.4 Å². The van der Waals surface area contributed by atoms with E-state index in [2.05, 4.69) is 11.9 Å². The Bertz CT molecular complexity index is 554. The number of rotatable bonds is 5. The summed E-state index contributed by atoms with van der Waals surface area (Å²) >= 11 is 0. The molecule has 0 saturated heterocycles. The predicted octanol–water partition coefficient (Wildman–Crippen LogP) is 3.27. The van der Waals surface area contributed by atoms with E-state index in [4.69, 9.17) is 10.5 Å². The van der Waals surface area contributed by atoms with Crippen LogP contribution >= 0.6 is 0 Å². The molecule has 1 heterocycles. The first-order valence-electron chi connectivity index (χ1n) is 6.75. The molecular formula is C16H21N3O. The second kappa shape index (κ2) is 6.39. The van der Waals surface area contributed by atoms with Gasteiger partial charge in [-0.25, -0.2) is 0 Å². The highest BCUT2D eigenvalue weighted by Crippen LogP contribution is 2.31. The average Bonchev–Trinajstić information content (AvgIpc) is 2.53. The number of anilines is 2. The molecule has 1 aromatic heterocycles. The fraction of sp³-hybridized carbons (Fsp3) is 0.312. The van der Waals surface area contributed by atoms with Gasteiger partial charge in [-0.15, -0.1) is 0 Å². The van der Waals surface area contributed by atoms with Crippen molar-refractivity contribution in [1.82, 2.24) is 4.98 Å². The van der Waals surface area contributed by atoms with Crippen LogP contribution in [-0.2, 0) is 0 Å². The summed E-state index contributed by atoms with van der Waals surface area (Å²) in [5.74, 6) is 0.837. The van der Waals surface area contributed by atoms with Gasteiger partial charge in [-0.2, -0.15) is 0 Å². The van der Waals surface area contributed by atoms with Crippen LogP contribution in [0.3, 0.4) is 0 Å². The molecule has 20 heavy (non-hydrogen) atoms. The van der Waals surface area contributed by atoms with E-state index >= 15 is 0 Å². The summed E-state index contributed by atoms with van der Waals surface area (Å²) < 4.78 is 5.39. The number of benzene rings is 1. The summed E-state index contributed by atoms with van der Waals surface area (Å²) in [7, 11) is 3.67. The number of ether oxygens (including phenoxy) is 1. The van der Waals surface area contributed by atoms with Gasteiger partial charge >= 0.3 is 0 Å². The van der Waals surface area contributed by atoms with Gasteiger partial charge < -0.3 is 15.4 Å². The van der Waals surface area contributed by atoms with Gasteiger partial charge in [0, 0.05) is 13.1 Å². The van der Waals surface area contributed by atoms with Crippen molar-refractivity contribution in [1.29, 1.82) is 0 Å². The summed E-state index contributed by atoms with van der Waals surface area (Å²) in [6, 6.07) is 11.9. The van der Waals surface area contributed by atoms with Crippen molar-refractivity contribution in [2.75, 3.05) is 19.1 Å². The van der Waals surface area contributed by atoms with Crippen LogP contribution in [0.25, 0.3) is 0 Å². The molecule has 0 aliphatic heterocycles. The normalized spacial score (nSPS) is 12.0. The van der Waals surface area contributed by atoms with E-state index in [-0.39, 0.29) is 6.04 Å². The van der Waals surface area contributed by atoms with Crippen LogP contribution in [-0.4, -0.2) is 19.1 Å². The SMILES string of the molecule is CC[C@@H](N)c1ccc(N(C)c2ccccc2OC)cn1. The molecule has 1 aromatic carbocycles. The van der Waals surface area contributed by atoms with E-state index in [9.17, 15) is 0 Å². The third-order valence-electron chi connectivity index (χ3n) is 3.42. The van der Waals surface area contributed by atoms with Crippen LogP contribution in [0.2, 0.25) is 0 Å². The van der Waals surface area contributed by atoms with E-state index in [0.717, 1.165) is 29.2 Å². The molecule has 106 valence electrons. The zero-order valence-corrected chi connectivity index (χ0v) is 12.2. The molecule has 4 nitrogen and oxygen atoms in total. The molecule has 0 saturated carbocycles. The number of methoxy groups -OCH3 is 1. The molecule has 0 radical (unpaired) electrons. The van der Waals surface area contributed by atoms with Crippen LogP contribution in [0.1, 0.15) is 25.1 Å². The first-order valence-corrected chi connectivity index (χ1v) is 6.75. The molecule has 0 aliphatic rings. The fourth-order valence-electron chi connectivity index (χ4n) is 2.07. The quantitative estimate of drug-likeness (QED) is 0.906. The maximum Gasteiger partial charge on any atom is 0.142 e. The van der Waals surface area contributed by atoms with E-state index in [1.54, 1.807) is 7.11 Å². The third kappa shape index (κ3) is 2.91. The minimum Gasteiger partial charge on any atom is -0.495 e. The molecule has 0 unspecified atom stereocenters. The molecule has 0 aliphatic carbocycles. The van der Waals surface area contributed by atoms with E-state index in [0.29, 0.717) is 0 Å². The monoisotopic (exact) mass is 271 g/mol. The molecule has 1 atom stereocenters. The Hall–Kier alpha value is -2.07. The number of hydrogen-bond donors (Lipinski definition) is 1. The van der Waals surface area contributed by atoms with Crippen molar-refractivity contribution in [3.63, 3.8) is 0 Å². The molecule has 0 bridgehead atoms. The van der Waals surface area contributed by atoms with Crippen molar-refractivity contribution < 1.29 is 4.74 Å². The molecular weight excluding hydrogens is 250 g/mol. The molecule has 2 aromatic rings. The minimum absolute atomic E-state index is 0.000572. The van der Waals surface area contributed by atoms with Gasteiger partial charge in [-0.1, -0.05) is 19.1 Å². The highest BCUT2D eigenvalue weighted by molar-refractivity contribution is 5.68. The maximum atomic E-state index is 5.98. The highest BCUT2D eigenvalue weighted by Gasteiger charge is 2.11. The largest absolute Gasteiger partial charge is 0.495 e. The van der Waals surface area contributed by atoms with Crippen LogP contribution in [0.15, 0.2) is 42.6 Å². The maximum absolute atomic E-state index is 5.98. The first-order chi connectivity index (χ1) is 9.67.